The SMILES string of the molecule is OCC1OC(OCC2OC(OC3C(OC4(CO)OC(CO)C(O)C4O)OC(CO)C(O)C3O)C(O)C(O)C2O)C(O)C(O)C1O. The van der Waals surface area contributed by atoms with E-state index >= 15 is 0 Å². The zero-order valence-corrected chi connectivity index (χ0v) is 23.5. The number of aliphatic hydroxyl groups excluding tert-OH is 14. The standard InChI is InChI=1S/C24H42O21/c25-1-6-10(29)14(33)17(36)21(40-6)39-4-9-12(31)15(34)18(37)22(42-9)43-19-16(35)11(30)7(2-26)41-23(19)45-24(5-28)20(38)13(32)8(3-27)44-24/h6-23,25-38H,1-5H2. The van der Waals surface area contributed by atoms with Crippen LogP contribution in [-0.4, -0.2) is 221 Å². The minimum absolute atomic E-state index is 0.722. The average molecular weight is 667 g/mol. The van der Waals surface area contributed by atoms with Crippen molar-refractivity contribution < 1.29 is 105 Å². The average Bonchev–Trinajstić information content (AvgIpc) is 3.28. The van der Waals surface area contributed by atoms with Crippen LogP contribution in [0, 0.1) is 0 Å². The van der Waals surface area contributed by atoms with Crippen molar-refractivity contribution in [1.29, 1.82) is 0 Å². The van der Waals surface area contributed by atoms with Gasteiger partial charge in [0.05, 0.1) is 26.4 Å². The first kappa shape index (κ1) is 37.0. The van der Waals surface area contributed by atoms with Crippen LogP contribution in [-0.2, 0) is 33.2 Å². The number of ether oxygens (including phenoxy) is 7. The summed E-state index contributed by atoms with van der Waals surface area (Å²) in [5, 5.41) is 142. The van der Waals surface area contributed by atoms with E-state index in [0.29, 0.717) is 0 Å². The molecule has 19 unspecified atom stereocenters. The predicted molar refractivity (Wildman–Crippen MR) is 134 cm³/mol. The molecule has 0 aromatic heterocycles. The number of hydrogen-bond donors (Lipinski definition) is 14. The van der Waals surface area contributed by atoms with Crippen LogP contribution < -0.4 is 0 Å². The van der Waals surface area contributed by atoms with Gasteiger partial charge in [0.25, 0.3) is 0 Å². The normalized spacial score (nSPS) is 52.7. The Kier molecular flexibility index (Phi) is 12.5. The monoisotopic (exact) mass is 666 g/mol. The molecule has 0 aliphatic carbocycles. The Morgan fingerprint density at radius 3 is 1.51 bits per heavy atom. The van der Waals surface area contributed by atoms with E-state index in [4.69, 9.17) is 33.2 Å². The molecule has 4 saturated heterocycles. The molecule has 0 saturated carbocycles. The number of aliphatic hydroxyl groups is 14. The van der Waals surface area contributed by atoms with Gasteiger partial charge in [0.15, 0.2) is 18.9 Å². The molecule has 0 aromatic rings. The van der Waals surface area contributed by atoms with Crippen LogP contribution in [0.2, 0.25) is 0 Å². The van der Waals surface area contributed by atoms with Gasteiger partial charge in [0, 0.05) is 0 Å². The highest BCUT2D eigenvalue weighted by Crippen LogP contribution is 2.37. The minimum atomic E-state index is -2.50. The second-order valence-corrected chi connectivity index (χ2v) is 11.2. The van der Waals surface area contributed by atoms with Gasteiger partial charge in [-0.25, -0.2) is 0 Å². The first-order valence-electron chi connectivity index (χ1n) is 14.1. The molecule has 0 radical (unpaired) electrons. The Balaban J connectivity index is 1.52. The van der Waals surface area contributed by atoms with E-state index in [0.717, 1.165) is 0 Å². The highest BCUT2D eigenvalue weighted by Gasteiger charge is 2.59. The van der Waals surface area contributed by atoms with Crippen LogP contribution in [0.5, 0.6) is 0 Å². The van der Waals surface area contributed by atoms with Crippen LogP contribution in [0.4, 0.5) is 0 Å². The van der Waals surface area contributed by atoms with E-state index in [-0.39, 0.29) is 0 Å². The molecule has 0 amide bonds. The molecular formula is C24H42O21. The van der Waals surface area contributed by atoms with E-state index in [1.165, 1.54) is 0 Å². The molecule has 4 rings (SSSR count). The van der Waals surface area contributed by atoms with Crippen LogP contribution in [0.3, 0.4) is 0 Å². The largest absolute Gasteiger partial charge is 0.394 e. The lowest BCUT2D eigenvalue weighted by atomic mass is 9.97. The summed E-state index contributed by atoms with van der Waals surface area (Å²) in [7, 11) is 0. The van der Waals surface area contributed by atoms with Crippen molar-refractivity contribution in [1.82, 2.24) is 0 Å². The Hall–Kier alpha value is -0.840. The molecular weight excluding hydrogens is 624 g/mol. The minimum Gasteiger partial charge on any atom is -0.394 e. The molecule has 14 N–H and O–H groups in total. The molecule has 264 valence electrons. The Morgan fingerprint density at radius 1 is 0.489 bits per heavy atom. The highest BCUT2D eigenvalue weighted by atomic mass is 16.8. The first-order chi connectivity index (χ1) is 21.2. The molecule has 0 spiro atoms. The number of rotatable bonds is 11. The summed E-state index contributed by atoms with van der Waals surface area (Å²) in [5.74, 6) is -2.50. The van der Waals surface area contributed by atoms with Crippen LogP contribution in [0.25, 0.3) is 0 Å². The maximum Gasteiger partial charge on any atom is 0.224 e. The summed E-state index contributed by atoms with van der Waals surface area (Å²) in [6, 6.07) is 0. The van der Waals surface area contributed by atoms with E-state index < -0.39 is 149 Å². The topological polar surface area (TPSA) is 348 Å². The molecule has 4 fully saturated rings. The molecule has 4 heterocycles. The van der Waals surface area contributed by atoms with E-state index in [9.17, 15) is 71.5 Å². The second kappa shape index (κ2) is 15.1. The van der Waals surface area contributed by atoms with Crippen molar-refractivity contribution in [2.75, 3.05) is 33.0 Å². The summed E-state index contributed by atoms with van der Waals surface area (Å²) in [6.45, 7) is -4.33. The van der Waals surface area contributed by atoms with Gasteiger partial charge in [-0.1, -0.05) is 0 Å². The molecule has 21 nitrogen and oxygen atoms in total. The second-order valence-electron chi connectivity index (χ2n) is 11.2. The Morgan fingerprint density at radius 2 is 0.978 bits per heavy atom. The van der Waals surface area contributed by atoms with Crippen molar-refractivity contribution >= 4 is 0 Å². The van der Waals surface area contributed by atoms with Gasteiger partial charge in [-0.3, -0.25) is 0 Å². The van der Waals surface area contributed by atoms with Gasteiger partial charge in [0.1, 0.15) is 98.2 Å². The number of hydrogen-bond acceptors (Lipinski definition) is 21. The van der Waals surface area contributed by atoms with Crippen LogP contribution in [0.15, 0.2) is 0 Å². The van der Waals surface area contributed by atoms with Gasteiger partial charge in [-0.15, -0.1) is 0 Å². The summed E-state index contributed by atoms with van der Waals surface area (Å²) in [6.07, 6.45) is -32.3. The quantitative estimate of drug-likeness (QED) is 0.0973. The van der Waals surface area contributed by atoms with Crippen molar-refractivity contribution in [3.63, 3.8) is 0 Å². The Bertz CT molecular complexity index is 931. The van der Waals surface area contributed by atoms with Crippen LogP contribution in [0.1, 0.15) is 0 Å². The fraction of sp³-hybridized carbons (Fsp3) is 1.00. The van der Waals surface area contributed by atoms with Gasteiger partial charge in [-0.2, -0.15) is 0 Å². The molecule has 21 heteroatoms. The molecule has 4 aliphatic heterocycles. The highest BCUT2D eigenvalue weighted by molar-refractivity contribution is 4.99. The summed E-state index contributed by atoms with van der Waals surface area (Å²) in [4.78, 5) is 0. The smallest absolute Gasteiger partial charge is 0.224 e. The zero-order valence-electron chi connectivity index (χ0n) is 23.5. The maximum atomic E-state index is 10.9. The molecule has 0 aromatic carbocycles. The van der Waals surface area contributed by atoms with Crippen molar-refractivity contribution in [3.8, 4) is 0 Å². The molecule has 19 atom stereocenters. The van der Waals surface area contributed by atoms with E-state index in [1.807, 2.05) is 0 Å². The third-order valence-electron chi connectivity index (χ3n) is 8.28. The van der Waals surface area contributed by atoms with Crippen molar-refractivity contribution in [3.05, 3.63) is 0 Å². The van der Waals surface area contributed by atoms with Crippen LogP contribution >= 0.6 is 0 Å². The van der Waals surface area contributed by atoms with Gasteiger partial charge >= 0.3 is 0 Å². The Labute approximate surface area is 254 Å². The van der Waals surface area contributed by atoms with Gasteiger partial charge < -0.3 is 105 Å². The summed E-state index contributed by atoms with van der Waals surface area (Å²) >= 11 is 0. The first-order valence-corrected chi connectivity index (χ1v) is 14.1. The van der Waals surface area contributed by atoms with Gasteiger partial charge in [0.2, 0.25) is 5.79 Å². The van der Waals surface area contributed by atoms with E-state index in [2.05, 4.69) is 0 Å². The maximum absolute atomic E-state index is 10.9. The summed E-state index contributed by atoms with van der Waals surface area (Å²) < 4.78 is 38.1. The van der Waals surface area contributed by atoms with Gasteiger partial charge in [-0.05, 0) is 0 Å². The lowest BCUT2D eigenvalue weighted by molar-refractivity contribution is -0.409. The van der Waals surface area contributed by atoms with E-state index in [1.54, 1.807) is 0 Å². The third-order valence-corrected chi connectivity index (χ3v) is 8.28. The molecule has 0 bridgehead atoms. The third kappa shape index (κ3) is 7.15. The zero-order chi connectivity index (χ0) is 33.4. The van der Waals surface area contributed by atoms with Crippen molar-refractivity contribution in [2.24, 2.45) is 0 Å². The predicted octanol–water partition coefficient (Wildman–Crippen LogP) is -9.75. The van der Waals surface area contributed by atoms with Crippen molar-refractivity contribution in [2.45, 2.75) is 116 Å². The fourth-order valence-corrected chi connectivity index (χ4v) is 5.48. The lowest BCUT2D eigenvalue weighted by Gasteiger charge is -2.47. The fourth-order valence-electron chi connectivity index (χ4n) is 5.48. The summed E-state index contributed by atoms with van der Waals surface area (Å²) in [5.41, 5.74) is 0. The lowest BCUT2D eigenvalue weighted by Crippen LogP contribution is -2.66. The molecule has 4 aliphatic rings. The molecule has 45 heavy (non-hydrogen) atoms.